The van der Waals surface area contributed by atoms with Gasteiger partial charge < -0.3 is 15.5 Å². The second-order valence-electron chi connectivity index (χ2n) is 5.32. The van der Waals surface area contributed by atoms with Gasteiger partial charge in [-0.05, 0) is 24.3 Å². The van der Waals surface area contributed by atoms with Crippen LogP contribution in [0.3, 0.4) is 0 Å². The molecule has 0 aliphatic carbocycles. The van der Waals surface area contributed by atoms with E-state index in [0.717, 1.165) is 4.88 Å². The molecule has 22 heavy (non-hydrogen) atoms. The largest absolute Gasteiger partial charge is 0.355 e. The molecule has 7 heteroatoms. The van der Waals surface area contributed by atoms with Crippen molar-refractivity contribution in [3.63, 3.8) is 0 Å². The Hall–Kier alpha value is -1.89. The molecule has 0 radical (unpaired) electrons. The van der Waals surface area contributed by atoms with Gasteiger partial charge in [0.15, 0.2) is 0 Å². The zero-order valence-electron chi connectivity index (χ0n) is 12.6. The van der Waals surface area contributed by atoms with Crippen molar-refractivity contribution in [2.24, 2.45) is 5.92 Å². The van der Waals surface area contributed by atoms with E-state index in [2.05, 4.69) is 10.6 Å². The minimum absolute atomic E-state index is 0.00794. The van der Waals surface area contributed by atoms with Crippen LogP contribution in [-0.2, 0) is 9.59 Å². The molecule has 0 aromatic carbocycles. The third-order valence-electron chi connectivity index (χ3n) is 3.68. The Bertz CT molecular complexity index is 522. The molecule has 0 saturated carbocycles. The van der Waals surface area contributed by atoms with Gasteiger partial charge in [0.1, 0.15) is 0 Å². The second-order valence-corrected chi connectivity index (χ2v) is 6.27. The summed E-state index contributed by atoms with van der Waals surface area (Å²) < 4.78 is 0. The maximum absolute atomic E-state index is 12.2. The molecule has 0 unspecified atom stereocenters. The molecule has 2 N–H and O–H groups in total. The van der Waals surface area contributed by atoms with Crippen LogP contribution in [0, 0.1) is 5.92 Å². The lowest BCUT2D eigenvalue weighted by atomic mass is 9.96. The van der Waals surface area contributed by atoms with Gasteiger partial charge >= 0.3 is 0 Å². The highest BCUT2D eigenvalue weighted by Crippen LogP contribution is 2.20. The van der Waals surface area contributed by atoms with E-state index in [1.54, 1.807) is 0 Å². The van der Waals surface area contributed by atoms with Crippen molar-refractivity contribution in [3.05, 3.63) is 22.4 Å². The summed E-state index contributed by atoms with van der Waals surface area (Å²) >= 11 is 1.44. The number of amides is 3. The summed E-state index contributed by atoms with van der Waals surface area (Å²) in [4.78, 5) is 37.5. The van der Waals surface area contributed by atoms with E-state index in [0.29, 0.717) is 39.0 Å². The molecule has 2 rings (SSSR count). The lowest BCUT2D eigenvalue weighted by Crippen LogP contribution is -2.44. The van der Waals surface area contributed by atoms with E-state index < -0.39 is 0 Å². The zero-order valence-corrected chi connectivity index (χ0v) is 13.4. The predicted molar refractivity (Wildman–Crippen MR) is 84.6 cm³/mol. The number of carbonyl (C=O) groups excluding carboxylic acids is 3. The van der Waals surface area contributed by atoms with Gasteiger partial charge in [0, 0.05) is 39.0 Å². The molecule has 120 valence electrons. The minimum Gasteiger partial charge on any atom is -0.355 e. The second kappa shape index (κ2) is 7.93. The molecule has 2 heterocycles. The van der Waals surface area contributed by atoms with E-state index in [4.69, 9.17) is 0 Å². The third-order valence-corrected chi connectivity index (χ3v) is 4.54. The molecule has 0 spiro atoms. The molecule has 1 aromatic heterocycles. The first kappa shape index (κ1) is 16.5. The highest BCUT2D eigenvalue weighted by molar-refractivity contribution is 7.12. The molecule has 1 aliphatic rings. The van der Waals surface area contributed by atoms with Crippen LogP contribution in [0.15, 0.2) is 17.5 Å². The first-order valence-electron chi connectivity index (χ1n) is 7.43. The summed E-state index contributed by atoms with van der Waals surface area (Å²) in [6, 6.07) is 3.70. The van der Waals surface area contributed by atoms with Crippen LogP contribution in [0.4, 0.5) is 0 Å². The molecular weight excluding hydrogens is 302 g/mol. The summed E-state index contributed by atoms with van der Waals surface area (Å²) in [6.45, 7) is 3.55. The molecule has 1 aromatic rings. The normalized spacial score (nSPS) is 15.4. The molecule has 1 fully saturated rings. The molecule has 0 bridgehead atoms. The number of piperidine rings is 1. The lowest BCUT2D eigenvalue weighted by molar-refractivity contribution is -0.126. The summed E-state index contributed by atoms with van der Waals surface area (Å²) in [6.07, 6.45) is 1.37. The Kier molecular flexibility index (Phi) is 5.94. The molecule has 1 aliphatic heterocycles. The van der Waals surface area contributed by atoms with E-state index in [-0.39, 0.29) is 23.6 Å². The maximum Gasteiger partial charge on any atom is 0.263 e. The van der Waals surface area contributed by atoms with Crippen LogP contribution in [0.2, 0.25) is 0 Å². The lowest BCUT2D eigenvalue weighted by Gasteiger charge is -2.31. The Balaban J connectivity index is 1.71. The van der Waals surface area contributed by atoms with Crippen LogP contribution in [0.25, 0.3) is 0 Å². The van der Waals surface area contributed by atoms with E-state index in [1.807, 2.05) is 22.4 Å². The number of carbonyl (C=O) groups is 3. The molecular formula is C15H21N3O3S. The van der Waals surface area contributed by atoms with Gasteiger partial charge in [-0.3, -0.25) is 14.4 Å². The average molecular weight is 323 g/mol. The van der Waals surface area contributed by atoms with Gasteiger partial charge in [0.05, 0.1) is 4.88 Å². The van der Waals surface area contributed by atoms with Crippen LogP contribution in [0.1, 0.15) is 29.4 Å². The molecule has 3 amide bonds. The van der Waals surface area contributed by atoms with Gasteiger partial charge in [-0.25, -0.2) is 0 Å². The number of nitrogens with zero attached hydrogens (tertiary/aromatic N) is 1. The van der Waals surface area contributed by atoms with Gasteiger partial charge in [0.25, 0.3) is 5.91 Å². The van der Waals surface area contributed by atoms with Crippen molar-refractivity contribution in [1.29, 1.82) is 0 Å². The summed E-state index contributed by atoms with van der Waals surface area (Å²) in [5, 5.41) is 7.35. The standard InChI is InChI=1S/C15H21N3O3S/c1-11(19)16-6-7-17-14(20)12-4-8-18(9-5-12)15(21)13-3-2-10-22-13/h2-3,10,12H,4-9H2,1H3,(H,16,19)(H,17,20). The first-order valence-corrected chi connectivity index (χ1v) is 8.31. The Morgan fingerprint density at radius 2 is 1.91 bits per heavy atom. The van der Waals surface area contributed by atoms with Crippen molar-refractivity contribution in [2.45, 2.75) is 19.8 Å². The van der Waals surface area contributed by atoms with E-state index in [9.17, 15) is 14.4 Å². The highest BCUT2D eigenvalue weighted by Gasteiger charge is 2.27. The number of nitrogens with one attached hydrogen (secondary N) is 2. The number of likely N-dealkylation sites (tertiary alicyclic amines) is 1. The predicted octanol–water partition coefficient (Wildman–Crippen LogP) is 0.853. The van der Waals surface area contributed by atoms with E-state index in [1.165, 1.54) is 18.3 Å². The van der Waals surface area contributed by atoms with Gasteiger partial charge in [-0.1, -0.05) is 6.07 Å². The van der Waals surface area contributed by atoms with E-state index >= 15 is 0 Å². The summed E-state index contributed by atoms with van der Waals surface area (Å²) in [5.41, 5.74) is 0. The van der Waals surface area contributed by atoms with Crippen LogP contribution >= 0.6 is 11.3 Å². The summed E-state index contributed by atoms with van der Waals surface area (Å²) in [7, 11) is 0. The minimum atomic E-state index is -0.102. The fourth-order valence-electron chi connectivity index (χ4n) is 2.47. The third kappa shape index (κ3) is 4.56. The van der Waals surface area contributed by atoms with Crippen molar-refractivity contribution in [1.82, 2.24) is 15.5 Å². The molecule has 0 atom stereocenters. The first-order chi connectivity index (χ1) is 10.6. The average Bonchev–Trinajstić information content (AvgIpc) is 3.05. The monoisotopic (exact) mass is 323 g/mol. The topological polar surface area (TPSA) is 78.5 Å². The maximum atomic E-state index is 12.2. The van der Waals surface area contributed by atoms with Crippen LogP contribution in [0.5, 0.6) is 0 Å². The van der Waals surface area contributed by atoms with Crippen molar-refractivity contribution < 1.29 is 14.4 Å². The van der Waals surface area contributed by atoms with Gasteiger partial charge in [0.2, 0.25) is 11.8 Å². The SMILES string of the molecule is CC(=O)NCCNC(=O)C1CCN(C(=O)c2cccs2)CC1. The molecule has 6 nitrogen and oxygen atoms in total. The number of rotatable bonds is 5. The Labute approximate surface area is 133 Å². The number of hydrogen-bond acceptors (Lipinski definition) is 4. The van der Waals surface area contributed by atoms with Crippen molar-refractivity contribution in [3.8, 4) is 0 Å². The quantitative estimate of drug-likeness (QED) is 0.789. The fraction of sp³-hybridized carbons (Fsp3) is 0.533. The van der Waals surface area contributed by atoms with Crippen LogP contribution < -0.4 is 10.6 Å². The van der Waals surface area contributed by atoms with Crippen molar-refractivity contribution in [2.75, 3.05) is 26.2 Å². The zero-order chi connectivity index (χ0) is 15.9. The van der Waals surface area contributed by atoms with Crippen molar-refractivity contribution >= 4 is 29.1 Å². The number of thiophene rings is 1. The summed E-state index contributed by atoms with van der Waals surface area (Å²) in [5.74, 6) is -0.0903. The Morgan fingerprint density at radius 3 is 2.50 bits per heavy atom. The van der Waals surface area contributed by atoms with Crippen LogP contribution in [-0.4, -0.2) is 48.8 Å². The van der Waals surface area contributed by atoms with Gasteiger partial charge in [-0.15, -0.1) is 11.3 Å². The molecule has 1 saturated heterocycles. The fourth-order valence-corrected chi connectivity index (χ4v) is 3.16. The smallest absolute Gasteiger partial charge is 0.263 e. The highest BCUT2D eigenvalue weighted by atomic mass is 32.1. The Morgan fingerprint density at radius 1 is 1.23 bits per heavy atom. The van der Waals surface area contributed by atoms with Gasteiger partial charge in [-0.2, -0.15) is 0 Å². The number of hydrogen-bond donors (Lipinski definition) is 2.